The number of likely N-dealkylation sites (N-methyl/N-ethyl adjacent to an activating group) is 1. The molecule has 1 saturated heterocycles. The van der Waals surface area contributed by atoms with Crippen LogP contribution in [0.2, 0.25) is 0 Å². The van der Waals surface area contributed by atoms with Crippen LogP contribution in [0.1, 0.15) is 30.8 Å². The van der Waals surface area contributed by atoms with Crippen molar-refractivity contribution in [3.63, 3.8) is 0 Å². The molecule has 6 nitrogen and oxygen atoms in total. The number of anilines is 1. The number of amides is 3. The van der Waals surface area contributed by atoms with Crippen molar-refractivity contribution in [2.24, 2.45) is 0 Å². The molecule has 0 spiro atoms. The number of aryl methyl sites for hydroxylation is 1. The topological polar surface area (TPSA) is 57.6 Å². The first-order valence-electron chi connectivity index (χ1n) is 9.22. The predicted molar refractivity (Wildman–Crippen MR) is 108 cm³/mol. The maximum Gasteiger partial charge on any atom is 0.328 e. The van der Waals surface area contributed by atoms with Gasteiger partial charge >= 0.3 is 6.03 Å². The lowest BCUT2D eigenvalue weighted by molar-refractivity contribution is -0.121. The number of carbonyl (C=O) groups is 2. The minimum atomic E-state index is -0.396. The number of benzene rings is 1. The fourth-order valence-corrected chi connectivity index (χ4v) is 3.51. The number of aromatic nitrogens is 1. The Bertz CT molecular complexity index is 905. The molecule has 0 bridgehead atoms. The van der Waals surface area contributed by atoms with Gasteiger partial charge in [0.05, 0.1) is 0 Å². The van der Waals surface area contributed by atoms with E-state index in [1.54, 1.807) is 6.08 Å². The summed E-state index contributed by atoms with van der Waals surface area (Å²) in [4.78, 5) is 27.1. The van der Waals surface area contributed by atoms with Crippen LogP contribution < -0.4 is 10.2 Å². The van der Waals surface area contributed by atoms with Gasteiger partial charge < -0.3 is 14.8 Å². The van der Waals surface area contributed by atoms with E-state index in [9.17, 15) is 9.59 Å². The van der Waals surface area contributed by atoms with Crippen LogP contribution in [-0.4, -0.2) is 41.5 Å². The van der Waals surface area contributed by atoms with Gasteiger partial charge in [-0.25, -0.2) is 4.79 Å². The highest BCUT2D eigenvalue weighted by molar-refractivity contribution is 6.13. The lowest BCUT2D eigenvalue weighted by atomic mass is 10.2. The lowest BCUT2D eigenvalue weighted by Gasteiger charge is -2.21. The zero-order valence-electron chi connectivity index (χ0n) is 16.5. The van der Waals surface area contributed by atoms with E-state index in [0.717, 1.165) is 40.6 Å². The third-order valence-corrected chi connectivity index (χ3v) is 5.09. The van der Waals surface area contributed by atoms with Crippen molar-refractivity contribution >= 4 is 23.7 Å². The molecule has 3 rings (SSSR count). The van der Waals surface area contributed by atoms with Crippen molar-refractivity contribution in [1.29, 1.82) is 0 Å². The van der Waals surface area contributed by atoms with E-state index in [4.69, 9.17) is 0 Å². The number of hydrogen-bond donors (Lipinski definition) is 1. The van der Waals surface area contributed by atoms with Gasteiger partial charge in [0.1, 0.15) is 5.70 Å². The average molecular weight is 366 g/mol. The van der Waals surface area contributed by atoms with Gasteiger partial charge in [0.15, 0.2) is 0 Å². The Hall–Kier alpha value is -3.02. The number of urea groups is 1. The van der Waals surface area contributed by atoms with Crippen molar-refractivity contribution in [2.75, 3.05) is 25.0 Å². The highest BCUT2D eigenvalue weighted by atomic mass is 16.2. The number of nitrogens with zero attached hydrogens (tertiary/aromatic N) is 3. The molecular weight excluding hydrogens is 340 g/mol. The third kappa shape index (κ3) is 3.35. The number of carbonyl (C=O) groups excluding carboxylic acids is 2. The fourth-order valence-electron chi connectivity index (χ4n) is 3.51. The van der Waals surface area contributed by atoms with E-state index in [2.05, 4.69) is 52.9 Å². The Morgan fingerprint density at radius 3 is 2.22 bits per heavy atom. The molecule has 2 aromatic rings. The number of imide groups is 1. The summed E-state index contributed by atoms with van der Waals surface area (Å²) in [5.41, 5.74) is 5.59. The zero-order valence-corrected chi connectivity index (χ0v) is 16.5. The van der Waals surface area contributed by atoms with E-state index in [1.165, 1.54) is 12.7 Å². The van der Waals surface area contributed by atoms with Crippen molar-refractivity contribution in [3.05, 3.63) is 53.0 Å². The molecule has 142 valence electrons. The van der Waals surface area contributed by atoms with Gasteiger partial charge in [-0.05, 0) is 69.7 Å². The van der Waals surface area contributed by atoms with E-state index in [1.807, 2.05) is 19.9 Å². The van der Waals surface area contributed by atoms with Crippen LogP contribution in [0.4, 0.5) is 10.5 Å². The minimum Gasteiger partial charge on any atom is -0.372 e. The molecule has 0 radical (unpaired) electrons. The molecular formula is C21H26N4O2. The summed E-state index contributed by atoms with van der Waals surface area (Å²) < 4.78 is 2.16. The molecule has 1 fully saturated rings. The average Bonchev–Trinajstić information content (AvgIpc) is 3.07. The zero-order chi connectivity index (χ0) is 19.7. The maximum absolute atomic E-state index is 12.1. The molecule has 0 unspecified atom stereocenters. The van der Waals surface area contributed by atoms with Crippen LogP contribution in [-0.2, 0) is 4.79 Å². The second kappa shape index (κ2) is 7.31. The van der Waals surface area contributed by atoms with Crippen LogP contribution in [0, 0.1) is 13.8 Å². The normalized spacial score (nSPS) is 15.6. The second-order valence-corrected chi connectivity index (χ2v) is 6.70. The second-order valence-electron chi connectivity index (χ2n) is 6.70. The molecule has 1 N–H and O–H groups in total. The first-order valence-corrected chi connectivity index (χ1v) is 9.22. The standard InChI is InChI=1S/C21H26N4O2/c1-6-24(7-2)17-8-10-18(11-9-17)25-14(3)12-16(15(25)4)13-19-20(26)23(5)21(27)22-19/h8-13H,6-7H2,1-5H3,(H,22,27)/b19-13+. The van der Waals surface area contributed by atoms with E-state index in [-0.39, 0.29) is 5.91 Å². The molecule has 1 aliphatic rings. The predicted octanol–water partition coefficient (Wildman–Crippen LogP) is 3.46. The summed E-state index contributed by atoms with van der Waals surface area (Å²) in [6.07, 6.45) is 1.74. The lowest BCUT2D eigenvalue weighted by Crippen LogP contribution is -2.25. The Morgan fingerprint density at radius 1 is 1.07 bits per heavy atom. The van der Waals surface area contributed by atoms with E-state index >= 15 is 0 Å². The van der Waals surface area contributed by atoms with Gasteiger partial charge in [-0.3, -0.25) is 9.69 Å². The van der Waals surface area contributed by atoms with Gasteiger partial charge in [0, 0.05) is 42.9 Å². The Balaban J connectivity index is 1.95. The molecule has 0 saturated carbocycles. The Kier molecular flexibility index (Phi) is 5.08. The SMILES string of the molecule is CCN(CC)c1ccc(-n2c(C)cc(/C=C3/NC(=O)N(C)C3=O)c2C)cc1. The van der Waals surface area contributed by atoms with Gasteiger partial charge in [-0.1, -0.05) is 0 Å². The highest BCUT2D eigenvalue weighted by Gasteiger charge is 2.30. The van der Waals surface area contributed by atoms with Gasteiger partial charge in [0.25, 0.3) is 5.91 Å². The molecule has 0 aliphatic carbocycles. The van der Waals surface area contributed by atoms with Gasteiger partial charge in [-0.2, -0.15) is 0 Å². The van der Waals surface area contributed by atoms with Crippen molar-refractivity contribution < 1.29 is 9.59 Å². The van der Waals surface area contributed by atoms with Crippen LogP contribution in [0.25, 0.3) is 11.8 Å². The first kappa shape index (κ1) is 18.8. The van der Waals surface area contributed by atoms with E-state index < -0.39 is 6.03 Å². The number of nitrogens with one attached hydrogen (secondary N) is 1. The number of hydrogen-bond acceptors (Lipinski definition) is 3. The summed E-state index contributed by atoms with van der Waals surface area (Å²) in [7, 11) is 1.47. The fraction of sp³-hybridized carbons (Fsp3) is 0.333. The summed E-state index contributed by atoms with van der Waals surface area (Å²) >= 11 is 0. The van der Waals surface area contributed by atoms with E-state index in [0.29, 0.717) is 5.70 Å². The minimum absolute atomic E-state index is 0.305. The molecule has 6 heteroatoms. The first-order chi connectivity index (χ1) is 12.9. The molecule has 1 aliphatic heterocycles. The van der Waals surface area contributed by atoms with Crippen LogP contribution >= 0.6 is 0 Å². The Labute approximate surface area is 160 Å². The number of rotatable bonds is 5. The summed E-state index contributed by atoms with van der Waals surface area (Å²) in [6.45, 7) is 10.3. The maximum atomic E-state index is 12.1. The van der Waals surface area contributed by atoms with Gasteiger partial charge in [-0.15, -0.1) is 0 Å². The smallest absolute Gasteiger partial charge is 0.328 e. The van der Waals surface area contributed by atoms with Crippen LogP contribution in [0.5, 0.6) is 0 Å². The van der Waals surface area contributed by atoms with Crippen molar-refractivity contribution in [3.8, 4) is 5.69 Å². The molecule has 27 heavy (non-hydrogen) atoms. The Morgan fingerprint density at radius 2 is 1.70 bits per heavy atom. The summed E-state index contributed by atoms with van der Waals surface area (Å²) in [5, 5.41) is 2.61. The largest absolute Gasteiger partial charge is 0.372 e. The van der Waals surface area contributed by atoms with Crippen molar-refractivity contribution in [1.82, 2.24) is 14.8 Å². The molecule has 0 atom stereocenters. The molecule has 3 amide bonds. The molecule has 2 heterocycles. The summed E-state index contributed by atoms with van der Waals surface area (Å²) in [6, 6.07) is 10.1. The third-order valence-electron chi connectivity index (χ3n) is 5.09. The highest BCUT2D eigenvalue weighted by Crippen LogP contribution is 2.25. The monoisotopic (exact) mass is 366 g/mol. The van der Waals surface area contributed by atoms with Crippen LogP contribution in [0.15, 0.2) is 36.0 Å². The molecule has 1 aromatic carbocycles. The quantitative estimate of drug-likeness (QED) is 0.651. The van der Waals surface area contributed by atoms with Gasteiger partial charge in [0.2, 0.25) is 0 Å². The molecule has 1 aromatic heterocycles. The van der Waals surface area contributed by atoms with Crippen LogP contribution in [0.3, 0.4) is 0 Å². The van der Waals surface area contributed by atoms with Crippen molar-refractivity contribution in [2.45, 2.75) is 27.7 Å². The summed E-state index contributed by atoms with van der Waals surface area (Å²) in [5.74, 6) is -0.312.